The van der Waals surface area contributed by atoms with Gasteiger partial charge in [0.1, 0.15) is 0 Å². The van der Waals surface area contributed by atoms with Gasteiger partial charge < -0.3 is 25.4 Å². The van der Waals surface area contributed by atoms with E-state index in [1.807, 2.05) is 26.0 Å². The van der Waals surface area contributed by atoms with Crippen LogP contribution in [0.3, 0.4) is 0 Å². The van der Waals surface area contributed by atoms with Crippen LogP contribution in [0.4, 0.5) is 16.2 Å². The molecule has 1 fully saturated rings. The van der Waals surface area contributed by atoms with Gasteiger partial charge in [-0.05, 0) is 31.0 Å². The molecule has 7 heteroatoms. The number of hydrogen-bond acceptors (Lipinski definition) is 4. The number of halogens is 1. The first-order valence-corrected chi connectivity index (χ1v) is 9.10. The second kappa shape index (κ2) is 8.74. The lowest BCUT2D eigenvalue weighted by Crippen LogP contribution is -2.46. The van der Waals surface area contributed by atoms with Crippen molar-refractivity contribution < 1.29 is 14.6 Å². The summed E-state index contributed by atoms with van der Waals surface area (Å²) in [6, 6.07) is 5.08. The van der Waals surface area contributed by atoms with Gasteiger partial charge in [0.2, 0.25) is 0 Å². The quantitative estimate of drug-likeness (QED) is 0.720. The average Bonchev–Trinajstić information content (AvgIpc) is 2.60. The van der Waals surface area contributed by atoms with Gasteiger partial charge in [0, 0.05) is 24.7 Å². The Morgan fingerprint density at radius 3 is 2.76 bits per heavy atom. The van der Waals surface area contributed by atoms with Crippen LogP contribution in [0.15, 0.2) is 18.2 Å². The van der Waals surface area contributed by atoms with Gasteiger partial charge in [0.15, 0.2) is 0 Å². The highest BCUT2D eigenvalue weighted by molar-refractivity contribution is 6.31. The molecule has 25 heavy (non-hydrogen) atoms. The van der Waals surface area contributed by atoms with Gasteiger partial charge in [-0.3, -0.25) is 0 Å². The Balaban J connectivity index is 2.03. The van der Waals surface area contributed by atoms with Crippen LogP contribution >= 0.6 is 11.6 Å². The van der Waals surface area contributed by atoms with Crippen LogP contribution in [-0.2, 0) is 4.74 Å². The predicted octanol–water partition coefficient (Wildman–Crippen LogP) is 3.10. The van der Waals surface area contributed by atoms with Gasteiger partial charge in [-0.2, -0.15) is 0 Å². The fourth-order valence-electron chi connectivity index (χ4n) is 2.73. The number of morpholine rings is 1. The number of amides is 2. The third-order valence-corrected chi connectivity index (χ3v) is 5.07. The van der Waals surface area contributed by atoms with E-state index in [4.69, 9.17) is 16.3 Å². The number of carbonyl (C=O) groups is 1. The van der Waals surface area contributed by atoms with Crippen molar-refractivity contribution in [3.63, 3.8) is 0 Å². The van der Waals surface area contributed by atoms with Crippen LogP contribution in [0, 0.1) is 5.92 Å². The molecule has 1 saturated heterocycles. The predicted molar refractivity (Wildman–Crippen MR) is 102 cm³/mol. The van der Waals surface area contributed by atoms with E-state index in [2.05, 4.69) is 15.5 Å². The summed E-state index contributed by atoms with van der Waals surface area (Å²) in [5, 5.41) is 16.6. The number of anilines is 2. The van der Waals surface area contributed by atoms with Crippen molar-refractivity contribution in [2.45, 2.75) is 32.8 Å². The van der Waals surface area contributed by atoms with E-state index >= 15 is 0 Å². The Hall–Kier alpha value is -1.50. The number of aliphatic hydroxyl groups is 1. The number of nitrogens with zero attached hydrogens (tertiary/aromatic N) is 1. The average molecular weight is 370 g/mol. The van der Waals surface area contributed by atoms with E-state index in [9.17, 15) is 9.90 Å². The molecule has 6 nitrogen and oxygen atoms in total. The fourth-order valence-corrected chi connectivity index (χ4v) is 2.90. The van der Waals surface area contributed by atoms with Gasteiger partial charge in [0.25, 0.3) is 0 Å². The van der Waals surface area contributed by atoms with Crippen LogP contribution in [0.5, 0.6) is 0 Å². The Bertz CT molecular complexity index is 589. The maximum atomic E-state index is 12.3. The maximum Gasteiger partial charge on any atom is 0.319 e. The Labute approximate surface area is 154 Å². The minimum atomic E-state index is -0.951. The second-order valence-electron chi connectivity index (χ2n) is 6.74. The molecule has 2 amide bonds. The molecule has 1 heterocycles. The van der Waals surface area contributed by atoms with Gasteiger partial charge in [-0.15, -0.1) is 0 Å². The number of carbonyl (C=O) groups excluding carboxylic acids is 1. The van der Waals surface area contributed by atoms with E-state index in [0.717, 1.165) is 25.2 Å². The monoisotopic (exact) mass is 369 g/mol. The first kappa shape index (κ1) is 19.8. The molecule has 0 bridgehead atoms. The molecule has 0 aromatic heterocycles. The number of hydrogen-bond donors (Lipinski definition) is 3. The topological polar surface area (TPSA) is 73.8 Å². The van der Waals surface area contributed by atoms with Crippen LogP contribution in [0.1, 0.15) is 27.2 Å². The third kappa shape index (κ3) is 5.49. The van der Waals surface area contributed by atoms with Crippen LogP contribution < -0.4 is 15.5 Å². The van der Waals surface area contributed by atoms with Gasteiger partial charge >= 0.3 is 6.03 Å². The van der Waals surface area contributed by atoms with E-state index < -0.39 is 5.60 Å². The number of rotatable bonds is 6. The summed E-state index contributed by atoms with van der Waals surface area (Å²) in [6.45, 7) is 8.74. The zero-order valence-electron chi connectivity index (χ0n) is 15.1. The smallest absolute Gasteiger partial charge is 0.319 e. The highest BCUT2D eigenvalue weighted by Crippen LogP contribution is 2.30. The summed E-state index contributed by atoms with van der Waals surface area (Å²) >= 11 is 6.09. The van der Waals surface area contributed by atoms with Crippen molar-refractivity contribution in [2.24, 2.45) is 5.92 Å². The lowest BCUT2D eigenvalue weighted by molar-refractivity contribution is 0.00827. The van der Waals surface area contributed by atoms with E-state index in [1.54, 1.807) is 13.0 Å². The molecule has 3 N–H and O–H groups in total. The zero-order valence-corrected chi connectivity index (χ0v) is 15.9. The van der Waals surface area contributed by atoms with E-state index in [0.29, 0.717) is 23.9 Å². The normalized spacial score (nSPS) is 18.4. The van der Waals surface area contributed by atoms with Crippen molar-refractivity contribution in [1.29, 1.82) is 0 Å². The van der Waals surface area contributed by atoms with Crippen molar-refractivity contribution in [3.8, 4) is 0 Å². The first-order valence-electron chi connectivity index (χ1n) is 8.73. The SMILES string of the molecule is CCC(C)C(C)(O)CNC(=O)Nc1cc(Cl)ccc1N1CCOCC1. The molecule has 0 saturated carbocycles. The molecule has 1 aliphatic rings. The van der Waals surface area contributed by atoms with Gasteiger partial charge in [0.05, 0.1) is 30.2 Å². The minimum Gasteiger partial charge on any atom is -0.388 e. The summed E-state index contributed by atoms with van der Waals surface area (Å²) in [6.07, 6.45) is 0.839. The molecule has 2 unspecified atom stereocenters. The van der Waals surface area contributed by atoms with Crippen molar-refractivity contribution >= 4 is 29.0 Å². The molecule has 0 radical (unpaired) electrons. The molecule has 1 aromatic carbocycles. The minimum absolute atomic E-state index is 0.0860. The summed E-state index contributed by atoms with van der Waals surface area (Å²) in [5.74, 6) is 0.0860. The summed E-state index contributed by atoms with van der Waals surface area (Å²) in [4.78, 5) is 14.5. The molecular formula is C18H28ClN3O3. The standard InChI is InChI=1S/C18H28ClN3O3/c1-4-13(2)18(3,24)12-20-17(23)21-15-11-14(19)5-6-16(15)22-7-9-25-10-8-22/h5-6,11,13,24H,4,7-10,12H2,1-3H3,(H2,20,21,23). The Kier molecular flexibility index (Phi) is 6.93. The number of benzene rings is 1. The molecule has 2 rings (SSSR count). The Morgan fingerprint density at radius 1 is 1.44 bits per heavy atom. The number of urea groups is 1. The highest BCUT2D eigenvalue weighted by atomic mass is 35.5. The van der Waals surface area contributed by atoms with E-state index in [1.165, 1.54) is 0 Å². The van der Waals surface area contributed by atoms with Crippen molar-refractivity contribution in [2.75, 3.05) is 43.1 Å². The number of ether oxygens (including phenoxy) is 1. The van der Waals surface area contributed by atoms with Crippen molar-refractivity contribution in [1.82, 2.24) is 5.32 Å². The summed E-state index contributed by atoms with van der Waals surface area (Å²) in [5.41, 5.74) is 0.611. The Morgan fingerprint density at radius 2 is 2.12 bits per heavy atom. The van der Waals surface area contributed by atoms with Crippen LogP contribution in [-0.4, -0.2) is 49.6 Å². The van der Waals surface area contributed by atoms with Gasteiger partial charge in [-0.1, -0.05) is 31.9 Å². The summed E-state index contributed by atoms with van der Waals surface area (Å²) in [7, 11) is 0. The highest BCUT2D eigenvalue weighted by Gasteiger charge is 2.27. The lowest BCUT2D eigenvalue weighted by Gasteiger charge is -2.31. The summed E-state index contributed by atoms with van der Waals surface area (Å²) < 4.78 is 5.38. The third-order valence-electron chi connectivity index (χ3n) is 4.84. The van der Waals surface area contributed by atoms with Crippen molar-refractivity contribution in [3.05, 3.63) is 23.2 Å². The molecule has 0 spiro atoms. The largest absolute Gasteiger partial charge is 0.388 e. The fraction of sp³-hybridized carbons (Fsp3) is 0.611. The second-order valence-corrected chi connectivity index (χ2v) is 7.17. The lowest BCUT2D eigenvalue weighted by atomic mass is 9.89. The molecular weight excluding hydrogens is 342 g/mol. The van der Waals surface area contributed by atoms with Crippen LogP contribution in [0.2, 0.25) is 5.02 Å². The molecule has 1 aliphatic heterocycles. The molecule has 0 aliphatic carbocycles. The molecule has 2 atom stereocenters. The molecule has 1 aromatic rings. The zero-order chi connectivity index (χ0) is 18.4. The van der Waals surface area contributed by atoms with E-state index in [-0.39, 0.29) is 18.5 Å². The first-order chi connectivity index (χ1) is 11.8. The molecule has 140 valence electrons. The number of nitrogens with one attached hydrogen (secondary N) is 2. The maximum absolute atomic E-state index is 12.3. The van der Waals surface area contributed by atoms with Gasteiger partial charge in [-0.25, -0.2) is 4.79 Å². The van der Waals surface area contributed by atoms with Crippen LogP contribution in [0.25, 0.3) is 0 Å².